The van der Waals surface area contributed by atoms with E-state index in [1.54, 1.807) is 31.4 Å². The molecular formula is C18H18N4O2. The van der Waals surface area contributed by atoms with Gasteiger partial charge in [0.1, 0.15) is 17.9 Å². The maximum atomic E-state index is 12.5. The molecule has 0 aliphatic carbocycles. The summed E-state index contributed by atoms with van der Waals surface area (Å²) in [6, 6.07) is 12.7. The standard InChI is InChI=1S/C18H18N4O2/c1-22(2)17-13-9-8-12(10-15(13)19-11-20-17)18(23)21-14-6-4-5-7-16(14)24-3/h4-11H,1-3H3,(H,21,23). The summed E-state index contributed by atoms with van der Waals surface area (Å²) in [5.74, 6) is 1.21. The number of fused-ring (bicyclic) bond motifs is 1. The van der Waals surface area contributed by atoms with Gasteiger partial charge in [0.15, 0.2) is 0 Å². The fourth-order valence-corrected chi connectivity index (χ4v) is 2.48. The van der Waals surface area contributed by atoms with Crippen LogP contribution in [0.2, 0.25) is 0 Å². The number of hydrogen-bond donors (Lipinski definition) is 1. The Bertz CT molecular complexity index is 893. The van der Waals surface area contributed by atoms with Crippen LogP contribution in [0.25, 0.3) is 10.9 Å². The van der Waals surface area contributed by atoms with Crippen molar-refractivity contribution in [2.24, 2.45) is 0 Å². The number of benzene rings is 2. The van der Waals surface area contributed by atoms with Crippen LogP contribution in [0.1, 0.15) is 10.4 Å². The van der Waals surface area contributed by atoms with Crippen molar-refractivity contribution in [3.8, 4) is 5.75 Å². The molecule has 1 heterocycles. The van der Waals surface area contributed by atoms with E-state index in [0.717, 1.165) is 16.7 Å². The highest BCUT2D eigenvalue weighted by atomic mass is 16.5. The lowest BCUT2D eigenvalue weighted by Gasteiger charge is -2.14. The molecule has 0 radical (unpaired) electrons. The highest BCUT2D eigenvalue weighted by Crippen LogP contribution is 2.25. The van der Waals surface area contributed by atoms with E-state index >= 15 is 0 Å². The molecule has 0 aliphatic rings. The number of aromatic nitrogens is 2. The van der Waals surface area contributed by atoms with Crippen LogP contribution in [-0.2, 0) is 0 Å². The molecule has 0 atom stereocenters. The van der Waals surface area contributed by atoms with Crippen molar-refractivity contribution >= 4 is 28.3 Å². The van der Waals surface area contributed by atoms with E-state index in [4.69, 9.17) is 4.74 Å². The summed E-state index contributed by atoms with van der Waals surface area (Å²) >= 11 is 0. The Kier molecular flexibility index (Phi) is 4.29. The Hall–Kier alpha value is -3.15. The van der Waals surface area contributed by atoms with Crippen LogP contribution < -0.4 is 15.0 Å². The Labute approximate surface area is 140 Å². The van der Waals surface area contributed by atoms with Crippen molar-refractivity contribution in [3.05, 3.63) is 54.4 Å². The lowest BCUT2D eigenvalue weighted by molar-refractivity contribution is 0.102. The molecule has 0 bridgehead atoms. The van der Waals surface area contributed by atoms with Gasteiger partial charge in [-0.2, -0.15) is 0 Å². The third-order valence-corrected chi connectivity index (χ3v) is 3.66. The molecule has 6 nitrogen and oxygen atoms in total. The summed E-state index contributed by atoms with van der Waals surface area (Å²) in [4.78, 5) is 23.0. The molecule has 122 valence electrons. The number of amides is 1. The smallest absolute Gasteiger partial charge is 0.255 e. The van der Waals surface area contributed by atoms with Crippen LogP contribution in [0.3, 0.4) is 0 Å². The second-order valence-corrected chi connectivity index (χ2v) is 5.48. The lowest BCUT2D eigenvalue weighted by Crippen LogP contribution is -2.14. The molecule has 24 heavy (non-hydrogen) atoms. The van der Waals surface area contributed by atoms with Gasteiger partial charge in [-0.05, 0) is 30.3 Å². The summed E-state index contributed by atoms with van der Waals surface area (Å²) in [7, 11) is 5.41. The Morgan fingerprint density at radius 3 is 2.67 bits per heavy atom. The zero-order valence-electron chi connectivity index (χ0n) is 13.8. The third kappa shape index (κ3) is 2.99. The van der Waals surface area contributed by atoms with Gasteiger partial charge in [-0.25, -0.2) is 9.97 Å². The lowest BCUT2D eigenvalue weighted by atomic mass is 10.1. The van der Waals surface area contributed by atoms with E-state index in [0.29, 0.717) is 17.0 Å². The first kappa shape index (κ1) is 15.7. The van der Waals surface area contributed by atoms with Gasteiger partial charge in [-0.1, -0.05) is 12.1 Å². The molecule has 0 fully saturated rings. The zero-order valence-corrected chi connectivity index (χ0v) is 13.8. The number of para-hydroxylation sites is 2. The van der Waals surface area contributed by atoms with Gasteiger partial charge >= 0.3 is 0 Å². The van der Waals surface area contributed by atoms with Crippen LogP contribution in [0.5, 0.6) is 5.75 Å². The Balaban J connectivity index is 1.93. The quantitative estimate of drug-likeness (QED) is 0.800. The largest absolute Gasteiger partial charge is 0.495 e. The van der Waals surface area contributed by atoms with Crippen molar-refractivity contribution in [1.82, 2.24) is 9.97 Å². The number of anilines is 2. The number of nitrogens with one attached hydrogen (secondary N) is 1. The minimum Gasteiger partial charge on any atom is -0.495 e. The maximum absolute atomic E-state index is 12.5. The number of nitrogens with zero attached hydrogens (tertiary/aromatic N) is 3. The topological polar surface area (TPSA) is 67.3 Å². The highest BCUT2D eigenvalue weighted by molar-refractivity contribution is 6.07. The normalized spacial score (nSPS) is 10.5. The van der Waals surface area contributed by atoms with Crippen molar-refractivity contribution in [2.45, 2.75) is 0 Å². The van der Waals surface area contributed by atoms with E-state index in [-0.39, 0.29) is 5.91 Å². The second kappa shape index (κ2) is 6.54. The van der Waals surface area contributed by atoms with E-state index in [2.05, 4.69) is 15.3 Å². The van der Waals surface area contributed by atoms with E-state index in [1.807, 2.05) is 37.2 Å². The summed E-state index contributed by atoms with van der Waals surface area (Å²) in [6.07, 6.45) is 1.50. The molecule has 0 unspecified atom stereocenters. The average Bonchev–Trinajstić information content (AvgIpc) is 2.61. The predicted molar refractivity (Wildman–Crippen MR) is 94.8 cm³/mol. The second-order valence-electron chi connectivity index (χ2n) is 5.48. The van der Waals surface area contributed by atoms with Crippen molar-refractivity contribution in [3.63, 3.8) is 0 Å². The fraction of sp³-hybridized carbons (Fsp3) is 0.167. The summed E-state index contributed by atoms with van der Waals surface area (Å²) < 4.78 is 5.25. The van der Waals surface area contributed by atoms with E-state index in [9.17, 15) is 4.79 Å². The van der Waals surface area contributed by atoms with Crippen LogP contribution in [0.15, 0.2) is 48.8 Å². The van der Waals surface area contributed by atoms with Gasteiger partial charge in [0.25, 0.3) is 5.91 Å². The van der Waals surface area contributed by atoms with E-state index in [1.165, 1.54) is 6.33 Å². The minimum absolute atomic E-state index is 0.216. The average molecular weight is 322 g/mol. The molecule has 6 heteroatoms. The van der Waals surface area contributed by atoms with Gasteiger partial charge in [0, 0.05) is 25.0 Å². The molecule has 1 amide bonds. The van der Waals surface area contributed by atoms with Gasteiger partial charge in [0.2, 0.25) is 0 Å². The zero-order chi connectivity index (χ0) is 17.1. The van der Waals surface area contributed by atoms with Crippen LogP contribution in [0.4, 0.5) is 11.5 Å². The van der Waals surface area contributed by atoms with Gasteiger partial charge in [-0.15, -0.1) is 0 Å². The van der Waals surface area contributed by atoms with Gasteiger partial charge < -0.3 is 15.0 Å². The first-order valence-corrected chi connectivity index (χ1v) is 7.46. The monoisotopic (exact) mass is 322 g/mol. The fourth-order valence-electron chi connectivity index (χ4n) is 2.48. The summed E-state index contributed by atoms with van der Waals surface area (Å²) in [6.45, 7) is 0. The Morgan fingerprint density at radius 2 is 1.92 bits per heavy atom. The van der Waals surface area contributed by atoms with Crippen molar-refractivity contribution < 1.29 is 9.53 Å². The number of carbonyl (C=O) groups is 1. The molecule has 1 N–H and O–H groups in total. The predicted octanol–water partition coefficient (Wildman–Crippen LogP) is 2.96. The Morgan fingerprint density at radius 1 is 1.12 bits per heavy atom. The molecule has 2 aromatic carbocycles. The van der Waals surface area contributed by atoms with Crippen LogP contribution >= 0.6 is 0 Å². The minimum atomic E-state index is -0.216. The maximum Gasteiger partial charge on any atom is 0.255 e. The van der Waals surface area contributed by atoms with Gasteiger partial charge in [-0.3, -0.25) is 4.79 Å². The van der Waals surface area contributed by atoms with Crippen LogP contribution in [-0.4, -0.2) is 37.1 Å². The number of carbonyl (C=O) groups excluding carboxylic acids is 1. The van der Waals surface area contributed by atoms with E-state index < -0.39 is 0 Å². The number of ether oxygens (including phenoxy) is 1. The third-order valence-electron chi connectivity index (χ3n) is 3.66. The summed E-state index contributed by atoms with van der Waals surface area (Å²) in [5.41, 5.74) is 1.87. The molecule has 3 rings (SSSR count). The van der Waals surface area contributed by atoms with Crippen LogP contribution in [0, 0.1) is 0 Å². The molecule has 3 aromatic rings. The number of methoxy groups -OCH3 is 1. The summed E-state index contributed by atoms with van der Waals surface area (Å²) in [5, 5.41) is 3.76. The molecular weight excluding hydrogens is 304 g/mol. The molecule has 0 aliphatic heterocycles. The number of rotatable bonds is 4. The highest BCUT2D eigenvalue weighted by Gasteiger charge is 2.12. The molecule has 0 saturated heterocycles. The number of hydrogen-bond acceptors (Lipinski definition) is 5. The SMILES string of the molecule is COc1ccccc1NC(=O)c1ccc2c(N(C)C)ncnc2c1. The van der Waals surface area contributed by atoms with Gasteiger partial charge in [0.05, 0.1) is 18.3 Å². The first-order valence-electron chi connectivity index (χ1n) is 7.46. The first-order chi connectivity index (χ1) is 11.6. The molecule has 0 spiro atoms. The molecule has 1 aromatic heterocycles. The van der Waals surface area contributed by atoms with Crippen molar-refractivity contribution in [1.29, 1.82) is 0 Å². The molecule has 0 saturated carbocycles. The van der Waals surface area contributed by atoms with Crippen molar-refractivity contribution in [2.75, 3.05) is 31.4 Å².